The minimum absolute atomic E-state index is 0.0258. The fraction of sp³-hybridized carbons (Fsp3) is 0.375. The number of likely N-dealkylation sites (tertiary alicyclic amines) is 1. The van der Waals surface area contributed by atoms with Gasteiger partial charge in [-0.05, 0) is 43.0 Å². The van der Waals surface area contributed by atoms with Gasteiger partial charge in [0, 0.05) is 48.7 Å². The topological polar surface area (TPSA) is 85.3 Å². The van der Waals surface area contributed by atoms with Crippen molar-refractivity contribution in [2.45, 2.75) is 25.7 Å². The van der Waals surface area contributed by atoms with Gasteiger partial charge in [0.15, 0.2) is 5.65 Å². The third-order valence-electron chi connectivity index (χ3n) is 6.49. The number of benzene rings is 1. The highest BCUT2D eigenvalue weighted by Gasteiger charge is 2.36. The quantitative estimate of drug-likeness (QED) is 0.633. The number of aromatic nitrogens is 3. The zero-order valence-corrected chi connectivity index (χ0v) is 17.7. The number of phenolic OH excluding ortho intramolecular Hbond substituents is 1. The van der Waals surface area contributed by atoms with Gasteiger partial charge >= 0.3 is 0 Å². The second-order valence-electron chi connectivity index (χ2n) is 8.73. The molecule has 2 fully saturated rings. The van der Waals surface area contributed by atoms with Gasteiger partial charge in [-0.1, -0.05) is 25.6 Å². The molecule has 0 radical (unpaired) electrons. The molecule has 5 rings (SSSR count). The molecular formula is C24H27N5O2. The third-order valence-corrected chi connectivity index (χ3v) is 6.49. The van der Waals surface area contributed by atoms with Gasteiger partial charge in [-0.15, -0.1) is 10.2 Å². The van der Waals surface area contributed by atoms with Crippen LogP contribution >= 0.6 is 0 Å². The zero-order chi connectivity index (χ0) is 21.5. The first kappa shape index (κ1) is 19.6. The molecule has 0 unspecified atom stereocenters. The van der Waals surface area contributed by atoms with E-state index in [0.717, 1.165) is 36.2 Å². The number of nitrogens with one attached hydrogen (secondary N) is 1. The van der Waals surface area contributed by atoms with Gasteiger partial charge < -0.3 is 19.9 Å². The predicted octanol–water partition coefficient (Wildman–Crippen LogP) is 3.68. The van der Waals surface area contributed by atoms with Crippen molar-refractivity contribution >= 4 is 22.6 Å². The number of rotatable bonds is 4. The summed E-state index contributed by atoms with van der Waals surface area (Å²) >= 11 is 0. The average Bonchev–Trinajstić information content (AvgIpc) is 3.11. The first-order valence-electron chi connectivity index (χ1n) is 10.9. The second kappa shape index (κ2) is 7.72. The number of piperidine rings is 1. The second-order valence-corrected chi connectivity index (χ2v) is 8.73. The van der Waals surface area contributed by atoms with Crippen molar-refractivity contribution < 1.29 is 9.90 Å². The molecule has 0 spiro atoms. The van der Waals surface area contributed by atoms with Crippen molar-refractivity contribution in [2.24, 2.45) is 5.92 Å². The Bertz CT molecular complexity index is 1150. The normalized spacial score (nSPS) is 19.5. The van der Waals surface area contributed by atoms with E-state index in [4.69, 9.17) is 0 Å². The number of fused-ring (bicyclic) bond motifs is 1. The summed E-state index contributed by atoms with van der Waals surface area (Å²) in [7, 11) is 0. The van der Waals surface area contributed by atoms with Crippen LogP contribution in [0.15, 0.2) is 43.0 Å². The number of carbonyl (C=O) groups excluding carboxylic acids is 1. The fourth-order valence-electron chi connectivity index (χ4n) is 4.82. The van der Waals surface area contributed by atoms with Crippen molar-refractivity contribution in [3.8, 4) is 17.0 Å². The number of carbonyl (C=O) groups is 1. The van der Waals surface area contributed by atoms with Crippen LogP contribution in [0.4, 0.5) is 5.69 Å². The third kappa shape index (κ3) is 3.44. The molecule has 4 heterocycles. The number of para-hydroxylation sites is 1. The van der Waals surface area contributed by atoms with E-state index >= 15 is 0 Å². The molecule has 1 amide bonds. The highest BCUT2D eigenvalue weighted by molar-refractivity contribution is 5.95. The molecule has 0 aliphatic carbocycles. The van der Waals surface area contributed by atoms with Crippen LogP contribution in [0.1, 0.15) is 31.4 Å². The van der Waals surface area contributed by atoms with Crippen molar-refractivity contribution in [2.75, 3.05) is 31.1 Å². The zero-order valence-electron chi connectivity index (χ0n) is 17.7. The molecule has 1 aromatic carbocycles. The van der Waals surface area contributed by atoms with E-state index in [1.54, 1.807) is 12.1 Å². The highest BCUT2D eigenvalue weighted by atomic mass is 16.3. The lowest BCUT2D eigenvalue weighted by atomic mass is 9.93. The summed E-state index contributed by atoms with van der Waals surface area (Å²) in [6.45, 7) is 9.23. The summed E-state index contributed by atoms with van der Waals surface area (Å²) in [6, 6.07) is 9.23. The number of hydrogen-bond donors (Lipinski definition) is 2. The summed E-state index contributed by atoms with van der Waals surface area (Å²) in [4.78, 5) is 19.7. The maximum Gasteiger partial charge on any atom is 0.245 e. The molecule has 2 N–H and O–H groups in total. The number of H-pyrrole nitrogens is 1. The average molecular weight is 418 g/mol. The van der Waals surface area contributed by atoms with Gasteiger partial charge in [0.25, 0.3) is 0 Å². The van der Waals surface area contributed by atoms with Crippen molar-refractivity contribution in [1.29, 1.82) is 0 Å². The largest absolute Gasteiger partial charge is 0.507 e. The number of aromatic hydroxyl groups is 1. The van der Waals surface area contributed by atoms with E-state index in [9.17, 15) is 9.90 Å². The molecule has 2 aromatic heterocycles. The molecule has 2 aliphatic rings. The molecule has 2 saturated heterocycles. The van der Waals surface area contributed by atoms with Crippen LogP contribution in [-0.4, -0.2) is 57.3 Å². The molecule has 160 valence electrons. The van der Waals surface area contributed by atoms with Crippen molar-refractivity contribution in [3.05, 3.63) is 48.7 Å². The summed E-state index contributed by atoms with van der Waals surface area (Å²) < 4.78 is 0. The summed E-state index contributed by atoms with van der Waals surface area (Å²) in [6.07, 6.45) is 3.77. The van der Waals surface area contributed by atoms with E-state index in [1.807, 2.05) is 23.1 Å². The van der Waals surface area contributed by atoms with E-state index in [0.29, 0.717) is 30.3 Å². The molecule has 0 saturated carbocycles. The minimum Gasteiger partial charge on any atom is -0.507 e. The van der Waals surface area contributed by atoms with Gasteiger partial charge in [-0.3, -0.25) is 4.79 Å². The van der Waals surface area contributed by atoms with E-state index in [2.05, 4.69) is 33.6 Å². The molecule has 3 aromatic rings. The van der Waals surface area contributed by atoms with Gasteiger partial charge in [0.05, 0.1) is 11.4 Å². The molecule has 2 aliphatic heterocycles. The molecular weight excluding hydrogens is 390 g/mol. The van der Waals surface area contributed by atoms with Crippen molar-refractivity contribution in [3.63, 3.8) is 0 Å². The number of phenols is 1. The Labute approximate surface area is 181 Å². The summed E-state index contributed by atoms with van der Waals surface area (Å²) in [5.74, 6) is 1.03. The minimum atomic E-state index is -0.0258. The molecule has 7 nitrogen and oxygen atoms in total. The lowest BCUT2D eigenvalue weighted by molar-refractivity contribution is -0.130. The van der Waals surface area contributed by atoms with Gasteiger partial charge in [0.1, 0.15) is 5.75 Å². The van der Waals surface area contributed by atoms with Gasteiger partial charge in [0.2, 0.25) is 5.91 Å². The molecule has 1 atom stereocenters. The van der Waals surface area contributed by atoms with Crippen LogP contribution in [0.2, 0.25) is 0 Å². The Kier molecular flexibility index (Phi) is 4.88. The SMILES string of the molecule is C=CC(=O)N1CC(c2[nH]c3nnc(-c4ccccc4O)cc3c2N2CCC[C@H](C)C2)C1. The fourth-order valence-corrected chi connectivity index (χ4v) is 4.82. The highest BCUT2D eigenvalue weighted by Crippen LogP contribution is 2.41. The first-order valence-corrected chi connectivity index (χ1v) is 10.9. The Morgan fingerprint density at radius 2 is 2.06 bits per heavy atom. The Morgan fingerprint density at radius 1 is 1.26 bits per heavy atom. The van der Waals surface area contributed by atoms with E-state index < -0.39 is 0 Å². The standard InChI is InChI=1S/C24H27N5O2/c1-3-21(31)29-13-16(14-29)22-23(28-10-6-7-15(2)12-28)18-11-19(26-27-24(18)25-22)17-8-4-5-9-20(17)30/h3-5,8-9,11,15-16,30H,1,6-7,10,12-14H2,2H3,(H,25,27)/t15-/m0/s1. The van der Waals surface area contributed by atoms with Crippen LogP contribution in [0.25, 0.3) is 22.3 Å². The van der Waals surface area contributed by atoms with E-state index in [-0.39, 0.29) is 17.6 Å². The maximum absolute atomic E-state index is 11.9. The van der Waals surface area contributed by atoms with Crippen LogP contribution < -0.4 is 4.90 Å². The molecule has 7 heteroatoms. The molecule has 31 heavy (non-hydrogen) atoms. The Hall–Kier alpha value is -3.35. The number of amides is 1. The summed E-state index contributed by atoms with van der Waals surface area (Å²) in [5.41, 5.74) is 4.37. The lowest BCUT2D eigenvalue weighted by Gasteiger charge is -2.40. The Balaban J connectivity index is 1.59. The van der Waals surface area contributed by atoms with Crippen LogP contribution in [0, 0.1) is 5.92 Å². The van der Waals surface area contributed by atoms with Crippen LogP contribution in [0.5, 0.6) is 5.75 Å². The van der Waals surface area contributed by atoms with Crippen molar-refractivity contribution in [1.82, 2.24) is 20.1 Å². The van der Waals surface area contributed by atoms with Crippen LogP contribution in [0.3, 0.4) is 0 Å². The number of hydrogen-bond acceptors (Lipinski definition) is 5. The smallest absolute Gasteiger partial charge is 0.245 e. The van der Waals surface area contributed by atoms with E-state index in [1.165, 1.54) is 18.2 Å². The Morgan fingerprint density at radius 3 is 2.81 bits per heavy atom. The number of nitrogens with zero attached hydrogens (tertiary/aromatic N) is 4. The van der Waals surface area contributed by atoms with Crippen LogP contribution in [-0.2, 0) is 4.79 Å². The lowest BCUT2D eigenvalue weighted by Crippen LogP contribution is -2.48. The summed E-state index contributed by atoms with van der Waals surface area (Å²) in [5, 5.41) is 20.2. The van der Waals surface area contributed by atoms with Gasteiger partial charge in [-0.2, -0.15) is 0 Å². The van der Waals surface area contributed by atoms with Gasteiger partial charge in [-0.25, -0.2) is 0 Å². The molecule has 0 bridgehead atoms. The monoisotopic (exact) mass is 417 g/mol. The number of anilines is 1. The predicted molar refractivity (Wildman–Crippen MR) is 121 cm³/mol. The maximum atomic E-state index is 11.9. The number of aromatic amines is 1. The first-order chi connectivity index (χ1) is 15.0.